The summed E-state index contributed by atoms with van der Waals surface area (Å²) in [5, 5.41) is 0. The average molecular weight is 300 g/mol. The van der Waals surface area contributed by atoms with Crippen LogP contribution in [0.5, 0.6) is 5.75 Å². The molecule has 0 aliphatic carbocycles. The van der Waals surface area contributed by atoms with Crippen LogP contribution >= 0.6 is 0 Å². The van der Waals surface area contributed by atoms with E-state index in [0.717, 1.165) is 12.2 Å². The van der Waals surface area contributed by atoms with Crippen LogP contribution in [0.1, 0.15) is 40.7 Å². The van der Waals surface area contributed by atoms with Gasteiger partial charge in [-0.25, -0.2) is 0 Å². The van der Waals surface area contributed by atoms with E-state index >= 15 is 0 Å². The van der Waals surface area contributed by atoms with Crippen molar-refractivity contribution in [2.75, 3.05) is 0 Å². The fourth-order valence-corrected chi connectivity index (χ4v) is 3.40. The van der Waals surface area contributed by atoms with Crippen LogP contribution in [0.25, 0.3) is 0 Å². The van der Waals surface area contributed by atoms with Gasteiger partial charge in [-0.05, 0) is 30.5 Å². The molecule has 4 rings (SSSR count). The summed E-state index contributed by atoms with van der Waals surface area (Å²) < 4.78 is 6.29. The fourth-order valence-electron chi connectivity index (χ4n) is 3.40. The highest BCUT2D eigenvalue weighted by Crippen LogP contribution is 2.44. The molecule has 0 radical (unpaired) electrons. The lowest BCUT2D eigenvalue weighted by Gasteiger charge is -2.33. The minimum absolute atomic E-state index is 0.109. The Balaban J connectivity index is 1.76. The highest BCUT2D eigenvalue weighted by atomic mass is 16.5. The molecule has 23 heavy (non-hydrogen) atoms. The van der Waals surface area contributed by atoms with Gasteiger partial charge in [0.1, 0.15) is 11.9 Å². The molecule has 0 unspecified atom stereocenters. The van der Waals surface area contributed by atoms with Gasteiger partial charge in [0, 0.05) is 11.5 Å². The summed E-state index contributed by atoms with van der Waals surface area (Å²) in [6, 6.07) is 27.9. The van der Waals surface area contributed by atoms with Gasteiger partial charge in [0.05, 0.1) is 0 Å². The minimum atomic E-state index is 0.109. The SMILES string of the molecule is Cc1ccc([C@H]2C[C@H](c3ccccc3)Oc3ccccc32)cc1. The lowest BCUT2D eigenvalue weighted by atomic mass is 9.82. The number of hydrogen-bond acceptors (Lipinski definition) is 1. The van der Waals surface area contributed by atoms with E-state index in [9.17, 15) is 0 Å². The molecule has 3 aromatic carbocycles. The predicted octanol–water partition coefficient (Wildman–Crippen LogP) is 5.65. The van der Waals surface area contributed by atoms with Gasteiger partial charge < -0.3 is 4.74 Å². The van der Waals surface area contributed by atoms with Crippen LogP contribution in [0.15, 0.2) is 78.9 Å². The van der Waals surface area contributed by atoms with E-state index in [1.807, 2.05) is 0 Å². The Hall–Kier alpha value is -2.54. The maximum atomic E-state index is 6.29. The van der Waals surface area contributed by atoms with Crippen LogP contribution in [0.3, 0.4) is 0 Å². The minimum Gasteiger partial charge on any atom is -0.485 e. The molecular formula is C22H20O. The van der Waals surface area contributed by atoms with E-state index in [1.165, 1.54) is 22.3 Å². The van der Waals surface area contributed by atoms with Gasteiger partial charge in [0.25, 0.3) is 0 Å². The second kappa shape index (κ2) is 5.92. The Morgan fingerprint density at radius 1 is 0.739 bits per heavy atom. The van der Waals surface area contributed by atoms with Crippen molar-refractivity contribution in [3.63, 3.8) is 0 Å². The van der Waals surface area contributed by atoms with Gasteiger partial charge in [-0.15, -0.1) is 0 Å². The Morgan fingerprint density at radius 2 is 1.43 bits per heavy atom. The van der Waals surface area contributed by atoms with E-state index in [-0.39, 0.29) is 6.10 Å². The summed E-state index contributed by atoms with van der Waals surface area (Å²) in [6.07, 6.45) is 1.08. The number of ether oxygens (including phenoxy) is 1. The summed E-state index contributed by atoms with van der Waals surface area (Å²) >= 11 is 0. The highest BCUT2D eigenvalue weighted by Gasteiger charge is 2.29. The van der Waals surface area contributed by atoms with E-state index in [4.69, 9.17) is 4.74 Å². The smallest absolute Gasteiger partial charge is 0.125 e. The van der Waals surface area contributed by atoms with Crippen molar-refractivity contribution in [1.82, 2.24) is 0 Å². The predicted molar refractivity (Wildman–Crippen MR) is 93.9 cm³/mol. The van der Waals surface area contributed by atoms with Gasteiger partial charge in [-0.3, -0.25) is 0 Å². The number of benzene rings is 3. The van der Waals surface area contributed by atoms with Crippen molar-refractivity contribution in [3.05, 3.63) is 101 Å². The van der Waals surface area contributed by atoms with Crippen molar-refractivity contribution in [3.8, 4) is 5.75 Å². The third-order valence-corrected chi connectivity index (χ3v) is 4.66. The number of aryl methyl sites for hydroxylation is 1. The molecule has 0 aromatic heterocycles. The van der Waals surface area contributed by atoms with E-state index < -0.39 is 0 Å². The number of fused-ring (bicyclic) bond motifs is 1. The zero-order chi connectivity index (χ0) is 15.6. The lowest BCUT2D eigenvalue weighted by Crippen LogP contribution is -2.19. The molecule has 0 bridgehead atoms. The monoisotopic (exact) mass is 300 g/mol. The Labute approximate surface area is 137 Å². The van der Waals surface area contributed by atoms with E-state index in [2.05, 4.69) is 85.8 Å². The van der Waals surface area contributed by atoms with Crippen molar-refractivity contribution >= 4 is 0 Å². The molecule has 1 aliphatic heterocycles. The molecule has 1 heteroatoms. The molecule has 114 valence electrons. The van der Waals surface area contributed by atoms with Gasteiger partial charge in [-0.2, -0.15) is 0 Å². The van der Waals surface area contributed by atoms with Gasteiger partial charge in [0.2, 0.25) is 0 Å². The molecule has 0 amide bonds. The first-order chi connectivity index (χ1) is 11.3. The molecule has 3 aromatic rings. The molecular weight excluding hydrogens is 280 g/mol. The number of para-hydroxylation sites is 1. The Bertz CT molecular complexity index is 790. The molecule has 1 nitrogen and oxygen atoms in total. The average Bonchev–Trinajstić information content (AvgIpc) is 2.62. The van der Waals surface area contributed by atoms with Gasteiger partial charge >= 0.3 is 0 Å². The van der Waals surface area contributed by atoms with Crippen LogP contribution < -0.4 is 4.74 Å². The molecule has 0 fully saturated rings. The van der Waals surface area contributed by atoms with Crippen LogP contribution in [-0.2, 0) is 0 Å². The molecule has 0 saturated carbocycles. The summed E-state index contributed by atoms with van der Waals surface area (Å²) in [6.45, 7) is 2.13. The Morgan fingerprint density at radius 3 is 2.22 bits per heavy atom. The van der Waals surface area contributed by atoms with Crippen molar-refractivity contribution < 1.29 is 4.74 Å². The standard InChI is InChI=1S/C22H20O/c1-16-11-13-17(14-12-16)20-15-22(18-7-3-2-4-8-18)23-21-10-6-5-9-19(20)21/h2-14,20,22H,15H2,1H3/t20-,22-/m1/s1. The summed E-state index contributed by atoms with van der Waals surface area (Å²) in [5.74, 6) is 1.39. The fraction of sp³-hybridized carbons (Fsp3) is 0.182. The van der Waals surface area contributed by atoms with E-state index in [1.54, 1.807) is 0 Å². The Kier molecular flexibility index (Phi) is 3.63. The van der Waals surface area contributed by atoms with Crippen molar-refractivity contribution in [2.45, 2.75) is 25.4 Å². The van der Waals surface area contributed by atoms with Gasteiger partial charge in [-0.1, -0.05) is 78.4 Å². The third kappa shape index (κ3) is 2.75. The first kappa shape index (κ1) is 14.1. The lowest BCUT2D eigenvalue weighted by molar-refractivity contribution is 0.167. The quantitative estimate of drug-likeness (QED) is 0.594. The van der Waals surface area contributed by atoms with Crippen LogP contribution in [0.4, 0.5) is 0 Å². The molecule has 0 saturated heterocycles. The maximum absolute atomic E-state index is 6.29. The molecule has 0 N–H and O–H groups in total. The molecule has 1 aliphatic rings. The summed E-state index contributed by atoms with van der Waals surface area (Å²) in [4.78, 5) is 0. The summed E-state index contributed by atoms with van der Waals surface area (Å²) in [5.41, 5.74) is 5.21. The normalized spacial score (nSPS) is 19.7. The second-order valence-corrected chi connectivity index (χ2v) is 6.25. The summed E-state index contributed by atoms with van der Waals surface area (Å²) in [7, 11) is 0. The van der Waals surface area contributed by atoms with E-state index in [0.29, 0.717) is 5.92 Å². The van der Waals surface area contributed by atoms with Crippen LogP contribution in [0.2, 0.25) is 0 Å². The van der Waals surface area contributed by atoms with Crippen LogP contribution in [0, 0.1) is 6.92 Å². The third-order valence-electron chi connectivity index (χ3n) is 4.66. The number of rotatable bonds is 2. The van der Waals surface area contributed by atoms with Gasteiger partial charge in [0.15, 0.2) is 0 Å². The first-order valence-electron chi connectivity index (χ1n) is 8.18. The largest absolute Gasteiger partial charge is 0.485 e. The second-order valence-electron chi connectivity index (χ2n) is 6.25. The highest BCUT2D eigenvalue weighted by molar-refractivity contribution is 5.45. The number of hydrogen-bond donors (Lipinski definition) is 0. The van der Waals surface area contributed by atoms with Crippen molar-refractivity contribution in [2.24, 2.45) is 0 Å². The maximum Gasteiger partial charge on any atom is 0.125 e. The first-order valence-corrected chi connectivity index (χ1v) is 8.18. The zero-order valence-corrected chi connectivity index (χ0v) is 13.3. The molecule has 0 spiro atoms. The molecule has 1 heterocycles. The topological polar surface area (TPSA) is 9.23 Å². The van der Waals surface area contributed by atoms with Crippen LogP contribution in [-0.4, -0.2) is 0 Å². The van der Waals surface area contributed by atoms with Crippen molar-refractivity contribution in [1.29, 1.82) is 0 Å². The zero-order valence-electron chi connectivity index (χ0n) is 13.3. The molecule has 2 atom stereocenters.